The molecule has 0 aromatic heterocycles. The summed E-state index contributed by atoms with van der Waals surface area (Å²) in [5, 5.41) is 9.68. The number of nitrogens with two attached hydrogens (primary N) is 1. The molecule has 0 fully saturated rings. The molecule has 0 saturated carbocycles. The molecule has 1 unspecified atom stereocenters. The normalized spacial score (nSPS) is 12.3. The minimum absolute atomic E-state index is 0.169. The van der Waals surface area contributed by atoms with Crippen LogP contribution in [-0.2, 0) is 0 Å². The predicted octanol–water partition coefficient (Wildman–Crippen LogP) is 1.00. The lowest BCUT2D eigenvalue weighted by Crippen LogP contribution is -2.13. The lowest BCUT2D eigenvalue weighted by Gasteiger charge is -2.17. The van der Waals surface area contributed by atoms with Gasteiger partial charge in [0.2, 0.25) is 0 Å². The van der Waals surface area contributed by atoms with Gasteiger partial charge in [0.25, 0.3) is 0 Å². The number of ether oxygens (including phenoxy) is 2. The predicted molar refractivity (Wildman–Crippen MR) is 58.3 cm³/mol. The van der Waals surface area contributed by atoms with E-state index in [1.807, 2.05) is 6.92 Å². The van der Waals surface area contributed by atoms with Gasteiger partial charge in [-0.2, -0.15) is 0 Å². The van der Waals surface area contributed by atoms with Gasteiger partial charge in [-0.3, -0.25) is 0 Å². The summed E-state index contributed by atoms with van der Waals surface area (Å²) in [5.41, 5.74) is 6.97. The lowest BCUT2D eigenvalue weighted by molar-refractivity contribution is 0.181. The Kier molecular flexibility index (Phi) is 3.94. The van der Waals surface area contributed by atoms with E-state index in [0.29, 0.717) is 11.3 Å². The van der Waals surface area contributed by atoms with Crippen LogP contribution in [0.5, 0.6) is 11.5 Å². The van der Waals surface area contributed by atoms with E-state index in [1.54, 1.807) is 26.4 Å². The first kappa shape index (κ1) is 11.8. The van der Waals surface area contributed by atoms with E-state index in [2.05, 4.69) is 0 Å². The maximum Gasteiger partial charge on any atom is 0.131 e. The van der Waals surface area contributed by atoms with Crippen LogP contribution in [-0.4, -0.2) is 25.9 Å². The van der Waals surface area contributed by atoms with Gasteiger partial charge in [-0.05, 0) is 19.1 Å². The Morgan fingerprint density at radius 3 is 2.47 bits per heavy atom. The summed E-state index contributed by atoms with van der Waals surface area (Å²) >= 11 is 0. The number of hydrogen-bond acceptors (Lipinski definition) is 4. The van der Waals surface area contributed by atoms with Crippen LogP contribution in [0.25, 0.3) is 0 Å². The average molecular weight is 211 g/mol. The van der Waals surface area contributed by atoms with Gasteiger partial charge < -0.3 is 20.3 Å². The van der Waals surface area contributed by atoms with Crippen LogP contribution in [0, 0.1) is 6.92 Å². The molecule has 3 N–H and O–H groups in total. The molecule has 15 heavy (non-hydrogen) atoms. The molecule has 1 aromatic carbocycles. The number of rotatable bonds is 4. The van der Waals surface area contributed by atoms with Gasteiger partial charge in [0.15, 0.2) is 0 Å². The van der Waals surface area contributed by atoms with E-state index in [1.165, 1.54) is 0 Å². The zero-order valence-electron chi connectivity index (χ0n) is 9.28. The van der Waals surface area contributed by atoms with Crippen LogP contribution < -0.4 is 15.2 Å². The molecule has 0 aliphatic heterocycles. The van der Waals surface area contributed by atoms with Crippen molar-refractivity contribution >= 4 is 0 Å². The van der Waals surface area contributed by atoms with Gasteiger partial charge in [0, 0.05) is 17.7 Å². The summed E-state index contributed by atoms with van der Waals surface area (Å²) in [6.07, 6.45) is -0.704. The smallest absolute Gasteiger partial charge is 0.131 e. The highest BCUT2D eigenvalue weighted by Crippen LogP contribution is 2.34. The molecule has 4 heteroatoms. The summed E-state index contributed by atoms with van der Waals surface area (Å²) in [4.78, 5) is 0. The Morgan fingerprint density at radius 1 is 1.33 bits per heavy atom. The van der Waals surface area contributed by atoms with Crippen LogP contribution in [0.2, 0.25) is 0 Å². The third kappa shape index (κ3) is 2.22. The second-order valence-corrected chi connectivity index (χ2v) is 3.27. The van der Waals surface area contributed by atoms with E-state index < -0.39 is 6.10 Å². The largest absolute Gasteiger partial charge is 0.496 e. The molecule has 4 nitrogen and oxygen atoms in total. The summed E-state index contributed by atoms with van der Waals surface area (Å²) < 4.78 is 10.4. The molecule has 84 valence electrons. The first-order valence-electron chi connectivity index (χ1n) is 4.75. The number of aliphatic hydroxyl groups is 1. The first-order chi connectivity index (χ1) is 7.15. The minimum atomic E-state index is -0.704. The number of aliphatic hydroxyl groups excluding tert-OH is 1. The SMILES string of the molecule is COc1ccc(C(O)CN)c(OC)c1C. The maximum absolute atomic E-state index is 9.68. The first-order valence-corrected chi connectivity index (χ1v) is 4.75. The standard InChI is InChI=1S/C11H17NO3/c1-7-10(14-2)5-4-8(9(13)6-12)11(7)15-3/h4-5,9,13H,6,12H2,1-3H3. The molecule has 0 radical (unpaired) electrons. The van der Waals surface area contributed by atoms with Crippen molar-refractivity contribution in [3.05, 3.63) is 23.3 Å². The van der Waals surface area contributed by atoms with Crippen molar-refractivity contribution in [1.82, 2.24) is 0 Å². The summed E-state index contributed by atoms with van der Waals surface area (Å²) in [6.45, 7) is 2.05. The van der Waals surface area contributed by atoms with Crippen LogP contribution in [0.15, 0.2) is 12.1 Å². The molecule has 0 aliphatic carbocycles. The van der Waals surface area contributed by atoms with Gasteiger partial charge in [0.1, 0.15) is 11.5 Å². The van der Waals surface area contributed by atoms with Gasteiger partial charge in [0.05, 0.1) is 20.3 Å². The Balaban J connectivity index is 3.24. The van der Waals surface area contributed by atoms with Crippen molar-refractivity contribution in [3.63, 3.8) is 0 Å². The molecule has 0 bridgehead atoms. The van der Waals surface area contributed by atoms with Gasteiger partial charge in [-0.1, -0.05) is 0 Å². The molecule has 0 amide bonds. The molecule has 1 aromatic rings. The van der Waals surface area contributed by atoms with Crippen LogP contribution in [0.3, 0.4) is 0 Å². The Labute approximate surface area is 89.6 Å². The van der Waals surface area contributed by atoms with E-state index >= 15 is 0 Å². The van der Waals surface area contributed by atoms with Crippen molar-refractivity contribution in [2.24, 2.45) is 5.73 Å². The Bertz CT molecular complexity index is 339. The van der Waals surface area contributed by atoms with Crippen LogP contribution in [0.4, 0.5) is 0 Å². The van der Waals surface area contributed by atoms with Gasteiger partial charge >= 0.3 is 0 Å². The zero-order valence-corrected chi connectivity index (χ0v) is 9.28. The Morgan fingerprint density at radius 2 is 2.00 bits per heavy atom. The van der Waals surface area contributed by atoms with Crippen LogP contribution in [0.1, 0.15) is 17.2 Å². The van der Waals surface area contributed by atoms with E-state index in [9.17, 15) is 5.11 Å². The fraction of sp³-hybridized carbons (Fsp3) is 0.455. The fourth-order valence-electron chi connectivity index (χ4n) is 1.58. The molecular formula is C11H17NO3. The second kappa shape index (κ2) is 5.00. The second-order valence-electron chi connectivity index (χ2n) is 3.27. The van der Waals surface area contributed by atoms with Crippen molar-refractivity contribution in [2.45, 2.75) is 13.0 Å². The van der Waals surface area contributed by atoms with Crippen molar-refractivity contribution in [1.29, 1.82) is 0 Å². The summed E-state index contributed by atoms with van der Waals surface area (Å²) in [5.74, 6) is 1.37. The monoisotopic (exact) mass is 211 g/mol. The minimum Gasteiger partial charge on any atom is -0.496 e. The average Bonchev–Trinajstić information content (AvgIpc) is 2.27. The zero-order chi connectivity index (χ0) is 11.4. The molecule has 0 saturated heterocycles. The fourth-order valence-corrected chi connectivity index (χ4v) is 1.58. The third-order valence-corrected chi connectivity index (χ3v) is 2.39. The van der Waals surface area contributed by atoms with Gasteiger partial charge in [-0.15, -0.1) is 0 Å². The number of benzene rings is 1. The summed E-state index contributed by atoms with van der Waals surface area (Å²) in [6, 6.07) is 3.56. The molecular weight excluding hydrogens is 194 g/mol. The number of hydrogen-bond donors (Lipinski definition) is 2. The van der Waals surface area contributed by atoms with E-state index in [0.717, 1.165) is 11.3 Å². The van der Waals surface area contributed by atoms with E-state index in [-0.39, 0.29) is 6.54 Å². The molecule has 1 rings (SSSR count). The topological polar surface area (TPSA) is 64.7 Å². The highest BCUT2D eigenvalue weighted by Gasteiger charge is 2.16. The van der Waals surface area contributed by atoms with E-state index in [4.69, 9.17) is 15.2 Å². The van der Waals surface area contributed by atoms with Crippen molar-refractivity contribution in [3.8, 4) is 11.5 Å². The quantitative estimate of drug-likeness (QED) is 0.780. The molecule has 0 spiro atoms. The molecule has 1 atom stereocenters. The highest BCUT2D eigenvalue weighted by molar-refractivity contribution is 5.50. The van der Waals surface area contributed by atoms with Gasteiger partial charge in [-0.25, -0.2) is 0 Å². The van der Waals surface area contributed by atoms with Crippen molar-refractivity contribution in [2.75, 3.05) is 20.8 Å². The number of methoxy groups -OCH3 is 2. The Hall–Kier alpha value is -1.26. The highest BCUT2D eigenvalue weighted by atomic mass is 16.5. The lowest BCUT2D eigenvalue weighted by atomic mass is 10.0. The van der Waals surface area contributed by atoms with Crippen molar-refractivity contribution < 1.29 is 14.6 Å². The third-order valence-electron chi connectivity index (χ3n) is 2.39. The maximum atomic E-state index is 9.68. The molecule has 0 heterocycles. The van der Waals surface area contributed by atoms with Crippen LogP contribution >= 0.6 is 0 Å². The summed E-state index contributed by atoms with van der Waals surface area (Å²) in [7, 11) is 3.16. The molecule has 0 aliphatic rings.